The number of amides is 1. The Bertz CT molecular complexity index is 1420. The Kier molecular flexibility index (Phi) is 8.51. The van der Waals surface area contributed by atoms with E-state index < -0.39 is 16.1 Å². The van der Waals surface area contributed by atoms with Crippen molar-refractivity contribution in [3.05, 3.63) is 82.9 Å². The Morgan fingerprint density at radius 3 is 2.15 bits per heavy atom. The van der Waals surface area contributed by atoms with Gasteiger partial charge in [0.1, 0.15) is 12.4 Å². The summed E-state index contributed by atoms with van der Waals surface area (Å²) in [7, 11) is 2.54. The van der Waals surface area contributed by atoms with Crippen LogP contribution in [0, 0.1) is 0 Å². The van der Waals surface area contributed by atoms with E-state index in [2.05, 4.69) is 26.0 Å². The van der Waals surface area contributed by atoms with Crippen molar-refractivity contribution in [1.29, 1.82) is 0 Å². The molecule has 0 saturated heterocycles. The summed E-state index contributed by atoms with van der Waals surface area (Å²) in [5.41, 5.74) is 3.62. The molecule has 3 aromatic rings. The largest absolute Gasteiger partial charge is 0.493 e. The zero-order valence-corrected chi connectivity index (χ0v) is 24.1. The van der Waals surface area contributed by atoms with Gasteiger partial charge < -0.3 is 19.1 Å². The molecule has 1 amide bonds. The molecule has 0 N–H and O–H groups in total. The number of benzene rings is 3. The van der Waals surface area contributed by atoms with Gasteiger partial charge in [-0.25, -0.2) is 12.7 Å². The predicted octanol–water partition coefficient (Wildman–Crippen LogP) is 4.90. The van der Waals surface area contributed by atoms with Crippen LogP contribution >= 0.6 is 0 Å². The fraction of sp³-hybridized carbons (Fsp3) is 0.367. The summed E-state index contributed by atoms with van der Waals surface area (Å²) >= 11 is 0. The second-order valence-corrected chi connectivity index (χ2v) is 12.2. The number of hydrogen-bond donors (Lipinski definition) is 0. The molecule has 1 aliphatic rings. The van der Waals surface area contributed by atoms with Gasteiger partial charge in [0.05, 0.1) is 25.2 Å². The summed E-state index contributed by atoms with van der Waals surface area (Å²) in [6.45, 7) is 4.99. The second-order valence-electron chi connectivity index (χ2n) is 10.0. The minimum Gasteiger partial charge on any atom is -0.493 e. The number of carbonyl (C=O) groups is 1. The van der Waals surface area contributed by atoms with Crippen molar-refractivity contribution >= 4 is 15.9 Å². The zero-order chi connectivity index (χ0) is 28.3. The number of ether oxygens (including phenoxy) is 3. The molecule has 0 spiro atoms. The van der Waals surface area contributed by atoms with Gasteiger partial charge in [0, 0.05) is 26.2 Å². The molecule has 9 heteroatoms. The summed E-state index contributed by atoms with van der Waals surface area (Å²) in [6, 6.07) is 17.5. The fourth-order valence-electron chi connectivity index (χ4n) is 4.72. The van der Waals surface area contributed by atoms with Crippen molar-refractivity contribution in [2.24, 2.45) is 0 Å². The zero-order valence-electron chi connectivity index (χ0n) is 23.3. The Morgan fingerprint density at radius 1 is 0.974 bits per heavy atom. The van der Waals surface area contributed by atoms with Crippen molar-refractivity contribution in [1.82, 2.24) is 9.21 Å². The van der Waals surface area contributed by atoms with Crippen LogP contribution in [-0.2, 0) is 16.4 Å². The quantitative estimate of drug-likeness (QED) is 0.376. The molecule has 39 heavy (non-hydrogen) atoms. The average molecular weight is 553 g/mol. The molecule has 1 atom stereocenters. The van der Waals surface area contributed by atoms with Crippen LogP contribution in [0.4, 0.5) is 0 Å². The third-order valence-electron chi connectivity index (χ3n) is 7.10. The predicted molar refractivity (Wildman–Crippen MR) is 150 cm³/mol. The minimum atomic E-state index is -3.59. The van der Waals surface area contributed by atoms with Gasteiger partial charge in [-0.2, -0.15) is 0 Å². The van der Waals surface area contributed by atoms with E-state index in [0.717, 1.165) is 21.2 Å². The van der Waals surface area contributed by atoms with Crippen LogP contribution in [0.5, 0.6) is 17.2 Å². The van der Waals surface area contributed by atoms with Gasteiger partial charge in [-0.15, -0.1) is 0 Å². The van der Waals surface area contributed by atoms with Crippen molar-refractivity contribution in [2.45, 2.75) is 37.1 Å². The highest BCUT2D eigenvalue weighted by Crippen LogP contribution is 2.39. The van der Waals surface area contributed by atoms with Gasteiger partial charge in [0.25, 0.3) is 5.91 Å². The molecular weight excluding hydrogens is 516 g/mol. The van der Waals surface area contributed by atoms with Crippen LogP contribution in [0.15, 0.2) is 65.6 Å². The first-order chi connectivity index (χ1) is 18.6. The average Bonchev–Trinajstić information content (AvgIpc) is 2.94. The van der Waals surface area contributed by atoms with E-state index in [1.54, 1.807) is 31.3 Å². The minimum absolute atomic E-state index is 0.134. The lowest BCUT2D eigenvalue weighted by atomic mass is 9.91. The first-order valence-corrected chi connectivity index (χ1v) is 14.3. The molecule has 0 aromatic heterocycles. The summed E-state index contributed by atoms with van der Waals surface area (Å²) < 4.78 is 43.4. The van der Waals surface area contributed by atoms with Gasteiger partial charge in [-0.1, -0.05) is 26.0 Å². The van der Waals surface area contributed by atoms with E-state index in [4.69, 9.17) is 14.2 Å². The third-order valence-corrected chi connectivity index (χ3v) is 8.93. The van der Waals surface area contributed by atoms with E-state index in [9.17, 15) is 13.2 Å². The van der Waals surface area contributed by atoms with Crippen molar-refractivity contribution in [3.8, 4) is 17.2 Å². The Labute approximate surface area is 231 Å². The second kappa shape index (κ2) is 11.7. The lowest BCUT2D eigenvalue weighted by Crippen LogP contribution is -2.42. The number of rotatable bonds is 9. The highest BCUT2D eigenvalue weighted by molar-refractivity contribution is 7.89. The molecule has 8 nitrogen and oxygen atoms in total. The van der Waals surface area contributed by atoms with E-state index in [1.165, 1.54) is 31.8 Å². The van der Waals surface area contributed by atoms with E-state index in [1.807, 2.05) is 24.3 Å². The van der Waals surface area contributed by atoms with Gasteiger partial charge in [0.2, 0.25) is 10.0 Å². The number of hydrogen-bond acceptors (Lipinski definition) is 6. The Hall–Kier alpha value is -3.56. The summed E-state index contributed by atoms with van der Waals surface area (Å²) in [4.78, 5) is 15.7. The number of fused-ring (bicyclic) bond motifs is 1. The van der Waals surface area contributed by atoms with Crippen LogP contribution in [0.25, 0.3) is 0 Å². The normalized spacial score (nSPS) is 15.3. The molecule has 0 aliphatic carbocycles. The molecule has 0 fully saturated rings. The van der Waals surface area contributed by atoms with Gasteiger partial charge >= 0.3 is 0 Å². The number of carbonyl (C=O) groups excluding carboxylic acids is 1. The summed E-state index contributed by atoms with van der Waals surface area (Å²) in [6.07, 6.45) is 0.633. The molecule has 0 bridgehead atoms. The highest BCUT2D eigenvalue weighted by Gasteiger charge is 2.33. The number of sulfonamides is 1. The van der Waals surface area contributed by atoms with E-state index >= 15 is 0 Å². The number of nitrogens with zero attached hydrogens (tertiary/aromatic N) is 2. The first kappa shape index (κ1) is 28.4. The summed E-state index contributed by atoms with van der Waals surface area (Å²) in [5.74, 6) is 2.15. The summed E-state index contributed by atoms with van der Waals surface area (Å²) in [5, 5.41) is 0. The molecule has 1 aliphatic heterocycles. The maximum atomic E-state index is 13.8. The van der Waals surface area contributed by atoms with Crippen molar-refractivity contribution < 1.29 is 27.4 Å². The monoisotopic (exact) mass is 552 g/mol. The first-order valence-electron chi connectivity index (χ1n) is 12.9. The van der Waals surface area contributed by atoms with Gasteiger partial charge in [0.15, 0.2) is 11.5 Å². The smallest absolute Gasteiger partial charge is 0.254 e. The van der Waals surface area contributed by atoms with Crippen LogP contribution in [0.3, 0.4) is 0 Å². The van der Waals surface area contributed by atoms with Crippen LogP contribution in [0.1, 0.15) is 52.9 Å². The highest BCUT2D eigenvalue weighted by atomic mass is 32.2. The lowest BCUT2D eigenvalue weighted by Gasteiger charge is -2.37. The van der Waals surface area contributed by atoms with E-state index in [0.29, 0.717) is 35.9 Å². The van der Waals surface area contributed by atoms with Gasteiger partial charge in [-0.05, 0) is 77.6 Å². The standard InChI is InChI=1S/C30H36N2O6S/c1-20(2)21-7-11-24(12-8-21)38-19-27-26-18-29(37-6)28(36-5)17-23(26)15-16-32(27)30(33)22-9-13-25(14-10-22)39(34,35)31(3)4/h7-14,17-18,20,27H,15-16,19H2,1-6H3/t27-/m1/s1. The maximum absolute atomic E-state index is 13.8. The third kappa shape index (κ3) is 5.89. The van der Waals surface area contributed by atoms with Crippen molar-refractivity contribution in [2.75, 3.05) is 41.5 Å². The molecule has 0 unspecified atom stereocenters. The van der Waals surface area contributed by atoms with Crippen LogP contribution in [-0.4, -0.2) is 65.0 Å². The molecular formula is C30H36N2O6S. The molecule has 0 saturated carbocycles. The Balaban J connectivity index is 1.67. The molecule has 0 radical (unpaired) electrons. The van der Waals surface area contributed by atoms with Crippen LogP contribution in [0.2, 0.25) is 0 Å². The lowest BCUT2D eigenvalue weighted by molar-refractivity contribution is 0.0589. The SMILES string of the molecule is COc1cc2c(cc1OC)[C@@H](COc1ccc(C(C)C)cc1)N(C(=O)c1ccc(S(=O)(=O)N(C)C)cc1)CC2. The molecule has 3 aromatic carbocycles. The number of methoxy groups -OCH3 is 2. The van der Waals surface area contributed by atoms with Gasteiger partial charge in [-0.3, -0.25) is 4.79 Å². The van der Waals surface area contributed by atoms with Crippen molar-refractivity contribution in [3.63, 3.8) is 0 Å². The Morgan fingerprint density at radius 2 is 1.59 bits per heavy atom. The maximum Gasteiger partial charge on any atom is 0.254 e. The fourth-order valence-corrected chi connectivity index (χ4v) is 5.62. The molecule has 208 valence electrons. The molecule has 4 rings (SSSR count). The van der Waals surface area contributed by atoms with Crippen LogP contribution < -0.4 is 14.2 Å². The topological polar surface area (TPSA) is 85.4 Å². The molecule has 1 heterocycles. The van der Waals surface area contributed by atoms with E-state index in [-0.39, 0.29) is 17.4 Å².